The van der Waals surface area contributed by atoms with Gasteiger partial charge in [0.15, 0.2) is 0 Å². The van der Waals surface area contributed by atoms with E-state index in [1.54, 1.807) is 13.8 Å². The zero-order valence-corrected chi connectivity index (χ0v) is 16.3. The number of rotatable bonds is 6. The molecule has 1 unspecified atom stereocenters. The number of likely N-dealkylation sites (N-methyl/N-ethyl adjacent to an activating group) is 1. The molecule has 1 amide bonds. The molecule has 1 atom stereocenters. The van der Waals surface area contributed by atoms with E-state index in [2.05, 4.69) is 4.72 Å². The number of benzene rings is 1. The van der Waals surface area contributed by atoms with Gasteiger partial charge in [0.25, 0.3) is 0 Å². The fourth-order valence-electron chi connectivity index (χ4n) is 2.63. The summed E-state index contributed by atoms with van der Waals surface area (Å²) < 4.78 is 52.3. The minimum Gasteiger partial charge on any atom is -0.308 e. The standard InChI is InChI=1S/C15H23N3O5S2/c1-11-9-13(18-15(19)12(2)10-24(18,20)21)5-6-14(11)25(22,23)16-7-8-17(3)4/h5-6,9,12,16H,7-8,10H2,1-4H3. The van der Waals surface area contributed by atoms with Gasteiger partial charge in [0.1, 0.15) is 0 Å². The fourth-order valence-corrected chi connectivity index (χ4v) is 5.69. The Kier molecular flexibility index (Phi) is 5.57. The summed E-state index contributed by atoms with van der Waals surface area (Å²) >= 11 is 0. The summed E-state index contributed by atoms with van der Waals surface area (Å²) in [6, 6.07) is 4.09. The SMILES string of the molecule is Cc1cc(N2C(=O)C(C)CS2(=O)=O)ccc1S(=O)(=O)NCCN(C)C. The molecule has 0 aliphatic carbocycles. The first-order valence-electron chi connectivity index (χ1n) is 7.77. The van der Waals surface area contributed by atoms with Crippen LogP contribution in [0.4, 0.5) is 5.69 Å². The van der Waals surface area contributed by atoms with Gasteiger partial charge in [-0.05, 0) is 44.8 Å². The van der Waals surface area contributed by atoms with Gasteiger partial charge >= 0.3 is 0 Å². The van der Waals surface area contributed by atoms with Crippen LogP contribution < -0.4 is 9.03 Å². The maximum Gasteiger partial charge on any atom is 0.244 e. The number of carbonyl (C=O) groups is 1. The Labute approximate surface area is 148 Å². The normalized spacial score (nSPS) is 20.4. The molecule has 0 radical (unpaired) electrons. The second-order valence-corrected chi connectivity index (χ2v) is 10.0. The first-order valence-corrected chi connectivity index (χ1v) is 10.9. The molecule has 1 heterocycles. The van der Waals surface area contributed by atoms with Gasteiger partial charge in [-0.2, -0.15) is 0 Å². The molecule has 1 aromatic carbocycles. The summed E-state index contributed by atoms with van der Waals surface area (Å²) in [5.74, 6) is -1.35. The highest BCUT2D eigenvalue weighted by Crippen LogP contribution is 2.30. The highest BCUT2D eigenvalue weighted by Gasteiger charge is 2.42. The van der Waals surface area contributed by atoms with Crippen LogP contribution in [0.25, 0.3) is 0 Å². The second kappa shape index (κ2) is 7.02. The van der Waals surface area contributed by atoms with Crippen molar-refractivity contribution in [3.8, 4) is 0 Å². The maximum absolute atomic E-state index is 12.4. The largest absolute Gasteiger partial charge is 0.308 e. The van der Waals surface area contributed by atoms with E-state index in [-0.39, 0.29) is 22.9 Å². The minimum atomic E-state index is -3.71. The van der Waals surface area contributed by atoms with Crippen LogP contribution in [0, 0.1) is 12.8 Å². The van der Waals surface area contributed by atoms with Gasteiger partial charge in [0.05, 0.1) is 22.3 Å². The van der Waals surface area contributed by atoms with Crippen LogP contribution in [-0.2, 0) is 24.8 Å². The van der Waals surface area contributed by atoms with Crippen molar-refractivity contribution >= 4 is 31.6 Å². The van der Waals surface area contributed by atoms with E-state index < -0.39 is 31.9 Å². The summed E-state index contributed by atoms with van der Waals surface area (Å²) in [7, 11) is -3.75. The Hall–Kier alpha value is -1.49. The molecular weight excluding hydrogens is 366 g/mol. The molecule has 0 spiro atoms. The minimum absolute atomic E-state index is 0.0621. The Morgan fingerprint density at radius 3 is 2.44 bits per heavy atom. The van der Waals surface area contributed by atoms with Crippen molar-refractivity contribution in [2.45, 2.75) is 18.7 Å². The van der Waals surface area contributed by atoms with Crippen LogP contribution >= 0.6 is 0 Å². The molecule has 2 rings (SSSR count). The van der Waals surface area contributed by atoms with Gasteiger partial charge in [-0.15, -0.1) is 0 Å². The molecule has 1 fully saturated rings. The Morgan fingerprint density at radius 1 is 1.32 bits per heavy atom. The van der Waals surface area contributed by atoms with Crippen molar-refractivity contribution in [3.63, 3.8) is 0 Å². The van der Waals surface area contributed by atoms with Crippen LogP contribution in [0.5, 0.6) is 0 Å². The number of nitrogens with zero attached hydrogens (tertiary/aromatic N) is 2. The van der Waals surface area contributed by atoms with Crippen LogP contribution in [0.2, 0.25) is 0 Å². The lowest BCUT2D eigenvalue weighted by atomic mass is 10.2. The zero-order valence-electron chi connectivity index (χ0n) is 14.7. The number of carbonyl (C=O) groups excluding carboxylic acids is 1. The first kappa shape index (κ1) is 19.8. The Balaban J connectivity index is 2.31. The quantitative estimate of drug-likeness (QED) is 0.743. The monoisotopic (exact) mass is 389 g/mol. The lowest BCUT2D eigenvalue weighted by Gasteiger charge is -2.17. The second-order valence-electron chi connectivity index (χ2n) is 6.43. The zero-order chi connectivity index (χ0) is 19.0. The smallest absolute Gasteiger partial charge is 0.244 e. The van der Waals surface area contributed by atoms with Crippen LogP contribution in [-0.4, -0.2) is 60.6 Å². The molecule has 8 nitrogen and oxygen atoms in total. The molecule has 0 saturated carbocycles. The van der Waals surface area contributed by atoms with Gasteiger partial charge in [-0.1, -0.05) is 6.92 Å². The fraction of sp³-hybridized carbons (Fsp3) is 0.533. The number of sulfonamides is 2. The number of nitrogens with one attached hydrogen (secondary N) is 1. The van der Waals surface area contributed by atoms with Crippen LogP contribution in [0.15, 0.2) is 23.1 Å². The summed E-state index contributed by atoms with van der Waals surface area (Å²) in [6.07, 6.45) is 0. The molecule has 140 valence electrons. The van der Waals surface area contributed by atoms with E-state index in [1.807, 2.05) is 19.0 Å². The van der Waals surface area contributed by atoms with Crippen LogP contribution in [0.3, 0.4) is 0 Å². The van der Waals surface area contributed by atoms with Crippen LogP contribution in [0.1, 0.15) is 12.5 Å². The molecule has 10 heteroatoms. The molecule has 0 bridgehead atoms. The number of anilines is 1. The summed E-state index contributed by atoms with van der Waals surface area (Å²) in [5, 5.41) is 0. The van der Waals surface area contributed by atoms with Crippen molar-refractivity contribution in [1.29, 1.82) is 0 Å². The van der Waals surface area contributed by atoms with E-state index >= 15 is 0 Å². The number of hydrogen-bond donors (Lipinski definition) is 1. The van der Waals surface area contributed by atoms with Gasteiger partial charge in [-0.25, -0.2) is 25.9 Å². The molecule has 1 N–H and O–H groups in total. The van der Waals surface area contributed by atoms with Gasteiger partial charge < -0.3 is 4.90 Å². The average molecular weight is 389 g/mol. The van der Waals surface area contributed by atoms with Crippen molar-refractivity contribution in [3.05, 3.63) is 23.8 Å². The van der Waals surface area contributed by atoms with E-state index in [0.717, 1.165) is 4.31 Å². The first-order chi connectivity index (χ1) is 11.5. The molecular formula is C15H23N3O5S2. The number of hydrogen-bond acceptors (Lipinski definition) is 6. The maximum atomic E-state index is 12.4. The summed E-state index contributed by atoms with van der Waals surface area (Å²) in [4.78, 5) is 14.0. The third kappa shape index (κ3) is 4.20. The highest BCUT2D eigenvalue weighted by molar-refractivity contribution is 7.94. The molecule has 1 saturated heterocycles. The Morgan fingerprint density at radius 2 is 1.96 bits per heavy atom. The summed E-state index contributed by atoms with van der Waals surface area (Å²) in [6.45, 7) is 3.93. The lowest BCUT2D eigenvalue weighted by Crippen LogP contribution is -2.32. The van der Waals surface area contributed by atoms with Crippen molar-refractivity contribution in [1.82, 2.24) is 9.62 Å². The summed E-state index contributed by atoms with van der Waals surface area (Å²) in [5.41, 5.74) is 0.538. The molecule has 1 aromatic rings. The van der Waals surface area contributed by atoms with E-state index in [1.165, 1.54) is 18.2 Å². The third-order valence-corrected chi connectivity index (χ3v) is 7.38. The van der Waals surface area contributed by atoms with Gasteiger partial charge in [-0.3, -0.25) is 4.79 Å². The predicted molar refractivity (Wildman–Crippen MR) is 95.4 cm³/mol. The molecule has 1 aliphatic heterocycles. The predicted octanol–water partition coefficient (Wildman–Crippen LogP) is 0.147. The number of aryl methyl sites for hydroxylation is 1. The molecule has 1 aliphatic rings. The topological polar surface area (TPSA) is 104 Å². The highest BCUT2D eigenvalue weighted by atomic mass is 32.2. The molecule has 25 heavy (non-hydrogen) atoms. The molecule has 0 aromatic heterocycles. The van der Waals surface area contributed by atoms with E-state index in [0.29, 0.717) is 12.1 Å². The van der Waals surface area contributed by atoms with Crippen molar-refractivity contribution < 1.29 is 21.6 Å². The third-order valence-electron chi connectivity index (χ3n) is 3.89. The lowest BCUT2D eigenvalue weighted by molar-refractivity contribution is -0.119. The van der Waals surface area contributed by atoms with E-state index in [9.17, 15) is 21.6 Å². The van der Waals surface area contributed by atoms with E-state index in [4.69, 9.17) is 0 Å². The Bertz CT molecular complexity index is 878. The average Bonchev–Trinajstić information content (AvgIpc) is 2.65. The van der Waals surface area contributed by atoms with Crippen molar-refractivity contribution in [2.75, 3.05) is 37.2 Å². The number of amides is 1. The van der Waals surface area contributed by atoms with Gasteiger partial charge in [0.2, 0.25) is 26.0 Å². The van der Waals surface area contributed by atoms with Gasteiger partial charge in [0, 0.05) is 13.1 Å². The van der Waals surface area contributed by atoms with Crippen molar-refractivity contribution in [2.24, 2.45) is 5.92 Å².